The van der Waals surface area contributed by atoms with Gasteiger partial charge in [-0.25, -0.2) is 0 Å². The molecule has 0 spiro atoms. The molecule has 1 rings (SSSR count). The maximum atomic E-state index is 8.82. The van der Waals surface area contributed by atoms with Gasteiger partial charge in [0, 0.05) is 19.2 Å². The fourth-order valence-corrected chi connectivity index (χ4v) is 1.24. The van der Waals surface area contributed by atoms with Crippen LogP contribution in [0.15, 0.2) is 0 Å². The van der Waals surface area contributed by atoms with Crippen molar-refractivity contribution >= 4 is 11.9 Å². The Hall–Kier alpha value is -1.63. The van der Waals surface area contributed by atoms with Crippen LogP contribution in [0.1, 0.15) is 20.3 Å². The van der Waals surface area contributed by atoms with Crippen LogP contribution in [-0.2, 0) is 0 Å². The maximum Gasteiger partial charge on any atom is 0.322 e. The zero-order valence-electron chi connectivity index (χ0n) is 10.4. The lowest BCUT2D eigenvalue weighted by Gasteiger charge is -2.13. The SMILES string of the molecule is CCNc1nc(NC(C)CCO)nc(OC)n1. The predicted octanol–water partition coefficient (Wildman–Crippen LogP) is 0.495. The number of ether oxygens (including phenoxy) is 1. The van der Waals surface area contributed by atoms with Crippen LogP contribution >= 0.6 is 0 Å². The van der Waals surface area contributed by atoms with Crippen LogP contribution in [-0.4, -0.2) is 46.4 Å². The van der Waals surface area contributed by atoms with E-state index in [1.54, 1.807) is 0 Å². The quantitative estimate of drug-likeness (QED) is 0.640. The number of rotatable bonds is 7. The molecule has 0 radical (unpaired) electrons. The normalized spacial score (nSPS) is 12.0. The van der Waals surface area contributed by atoms with Gasteiger partial charge in [-0.05, 0) is 20.3 Å². The lowest BCUT2D eigenvalue weighted by atomic mass is 10.2. The van der Waals surface area contributed by atoms with E-state index in [0.29, 0.717) is 18.3 Å². The number of aliphatic hydroxyl groups is 1. The molecule has 1 aromatic rings. The van der Waals surface area contributed by atoms with Gasteiger partial charge < -0.3 is 20.5 Å². The van der Waals surface area contributed by atoms with E-state index in [2.05, 4.69) is 25.6 Å². The largest absolute Gasteiger partial charge is 0.467 e. The Balaban J connectivity index is 2.79. The molecule has 0 saturated heterocycles. The van der Waals surface area contributed by atoms with Gasteiger partial charge in [-0.15, -0.1) is 0 Å². The fraction of sp³-hybridized carbons (Fsp3) is 0.700. The lowest BCUT2D eigenvalue weighted by Crippen LogP contribution is -2.19. The highest BCUT2D eigenvalue weighted by Gasteiger charge is 2.08. The summed E-state index contributed by atoms with van der Waals surface area (Å²) in [5.41, 5.74) is 0. The Morgan fingerprint density at radius 1 is 1.29 bits per heavy atom. The minimum Gasteiger partial charge on any atom is -0.467 e. The number of nitrogens with zero attached hydrogens (tertiary/aromatic N) is 3. The van der Waals surface area contributed by atoms with Crippen molar-refractivity contribution in [2.24, 2.45) is 0 Å². The van der Waals surface area contributed by atoms with Gasteiger partial charge in [0.15, 0.2) is 0 Å². The van der Waals surface area contributed by atoms with Crippen LogP contribution in [0.2, 0.25) is 0 Å². The first-order chi connectivity index (χ1) is 8.19. The molecular formula is C10H19N5O2. The Labute approximate surface area is 101 Å². The Morgan fingerprint density at radius 2 is 2.00 bits per heavy atom. The first-order valence-corrected chi connectivity index (χ1v) is 5.61. The fourth-order valence-electron chi connectivity index (χ4n) is 1.24. The second kappa shape index (κ2) is 6.85. The molecule has 0 aromatic carbocycles. The molecule has 3 N–H and O–H groups in total. The second-order valence-corrected chi connectivity index (χ2v) is 3.56. The molecule has 0 aliphatic rings. The van der Waals surface area contributed by atoms with E-state index in [4.69, 9.17) is 9.84 Å². The summed E-state index contributed by atoms with van der Waals surface area (Å²) in [5.74, 6) is 0.909. The summed E-state index contributed by atoms with van der Waals surface area (Å²) >= 11 is 0. The van der Waals surface area contributed by atoms with E-state index >= 15 is 0 Å². The number of hydrogen-bond donors (Lipinski definition) is 3. The van der Waals surface area contributed by atoms with E-state index in [-0.39, 0.29) is 18.7 Å². The minimum absolute atomic E-state index is 0.0848. The van der Waals surface area contributed by atoms with Crippen molar-refractivity contribution in [1.29, 1.82) is 0 Å². The number of anilines is 2. The zero-order valence-corrected chi connectivity index (χ0v) is 10.4. The summed E-state index contributed by atoms with van der Waals surface area (Å²) in [6.45, 7) is 4.74. The third kappa shape index (κ3) is 4.39. The van der Waals surface area contributed by atoms with Crippen molar-refractivity contribution in [2.75, 3.05) is 30.9 Å². The third-order valence-corrected chi connectivity index (χ3v) is 2.07. The van der Waals surface area contributed by atoms with Crippen LogP contribution in [0.3, 0.4) is 0 Å². The van der Waals surface area contributed by atoms with Gasteiger partial charge in [-0.3, -0.25) is 0 Å². The van der Waals surface area contributed by atoms with Crippen LogP contribution < -0.4 is 15.4 Å². The summed E-state index contributed by atoms with van der Waals surface area (Å²) < 4.78 is 4.99. The minimum atomic E-state index is 0.0848. The number of hydrogen-bond acceptors (Lipinski definition) is 7. The molecule has 17 heavy (non-hydrogen) atoms. The molecule has 0 bridgehead atoms. The number of aliphatic hydroxyl groups excluding tert-OH is 1. The maximum absolute atomic E-state index is 8.82. The van der Waals surface area contributed by atoms with E-state index in [9.17, 15) is 0 Å². The first-order valence-electron chi connectivity index (χ1n) is 5.61. The van der Waals surface area contributed by atoms with Gasteiger partial charge in [0.1, 0.15) is 0 Å². The average molecular weight is 241 g/mol. The van der Waals surface area contributed by atoms with Crippen molar-refractivity contribution in [3.63, 3.8) is 0 Å². The van der Waals surface area contributed by atoms with Crippen LogP contribution in [0.25, 0.3) is 0 Å². The second-order valence-electron chi connectivity index (χ2n) is 3.56. The van der Waals surface area contributed by atoms with E-state index in [0.717, 1.165) is 6.54 Å². The summed E-state index contributed by atoms with van der Waals surface area (Å²) in [7, 11) is 1.51. The van der Waals surface area contributed by atoms with Gasteiger partial charge in [0.05, 0.1) is 7.11 Å². The molecule has 1 atom stereocenters. The van der Waals surface area contributed by atoms with Crippen LogP contribution in [0, 0.1) is 0 Å². The van der Waals surface area contributed by atoms with Crippen molar-refractivity contribution in [3.05, 3.63) is 0 Å². The predicted molar refractivity (Wildman–Crippen MR) is 65.3 cm³/mol. The van der Waals surface area contributed by atoms with Crippen molar-refractivity contribution in [2.45, 2.75) is 26.3 Å². The number of nitrogens with one attached hydrogen (secondary N) is 2. The smallest absolute Gasteiger partial charge is 0.322 e. The topological polar surface area (TPSA) is 92.2 Å². The molecule has 0 aliphatic heterocycles. The van der Waals surface area contributed by atoms with Gasteiger partial charge >= 0.3 is 6.01 Å². The Morgan fingerprint density at radius 3 is 2.59 bits per heavy atom. The van der Waals surface area contributed by atoms with Crippen molar-refractivity contribution < 1.29 is 9.84 Å². The third-order valence-electron chi connectivity index (χ3n) is 2.07. The zero-order chi connectivity index (χ0) is 12.7. The molecule has 0 saturated carbocycles. The summed E-state index contributed by atoms with van der Waals surface area (Å²) in [4.78, 5) is 12.3. The van der Waals surface area contributed by atoms with Gasteiger partial charge in [0.25, 0.3) is 0 Å². The molecule has 96 valence electrons. The van der Waals surface area contributed by atoms with Gasteiger partial charge in [-0.1, -0.05) is 0 Å². The molecule has 1 aromatic heterocycles. The van der Waals surface area contributed by atoms with E-state index in [1.165, 1.54) is 7.11 Å². The molecule has 7 nitrogen and oxygen atoms in total. The summed E-state index contributed by atoms with van der Waals surface area (Å²) in [5, 5.41) is 14.9. The molecule has 7 heteroatoms. The van der Waals surface area contributed by atoms with Crippen LogP contribution in [0.4, 0.5) is 11.9 Å². The van der Waals surface area contributed by atoms with E-state index < -0.39 is 0 Å². The highest BCUT2D eigenvalue weighted by molar-refractivity contribution is 5.36. The Kier molecular flexibility index (Phi) is 5.41. The molecular weight excluding hydrogens is 222 g/mol. The lowest BCUT2D eigenvalue weighted by molar-refractivity contribution is 0.282. The number of methoxy groups -OCH3 is 1. The summed E-state index contributed by atoms with van der Waals surface area (Å²) in [6.07, 6.45) is 0.630. The van der Waals surface area contributed by atoms with Gasteiger partial charge in [0.2, 0.25) is 11.9 Å². The molecule has 0 amide bonds. The number of aromatic nitrogens is 3. The molecule has 1 heterocycles. The van der Waals surface area contributed by atoms with Crippen molar-refractivity contribution in [1.82, 2.24) is 15.0 Å². The molecule has 0 fully saturated rings. The monoisotopic (exact) mass is 241 g/mol. The Bertz CT molecular complexity index is 347. The standard InChI is InChI=1S/C10H19N5O2/c1-4-11-8-13-9(12-7(2)5-6-16)15-10(14-8)17-3/h7,16H,4-6H2,1-3H3,(H2,11,12,13,14,15). The van der Waals surface area contributed by atoms with Crippen LogP contribution in [0.5, 0.6) is 6.01 Å². The van der Waals surface area contributed by atoms with E-state index in [1.807, 2.05) is 13.8 Å². The highest BCUT2D eigenvalue weighted by atomic mass is 16.5. The first kappa shape index (κ1) is 13.4. The van der Waals surface area contributed by atoms with Gasteiger partial charge in [-0.2, -0.15) is 15.0 Å². The van der Waals surface area contributed by atoms with Crippen molar-refractivity contribution in [3.8, 4) is 6.01 Å². The summed E-state index contributed by atoms with van der Waals surface area (Å²) in [6, 6.07) is 0.344. The average Bonchev–Trinajstić information content (AvgIpc) is 2.29. The highest BCUT2D eigenvalue weighted by Crippen LogP contribution is 2.11. The molecule has 0 aliphatic carbocycles. The molecule has 1 unspecified atom stereocenters.